The van der Waals surface area contributed by atoms with E-state index < -0.39 is 0 Å². The van der Waals surface area contributed by atoms with Crippen molar-refractivity contribution in [2.45, 2.75) is 6.54 Å². The molecule has 3 rings (SSSR count). The molecule has 3 aromatic rings. The molecule has 0 spiro atoms. The third kappa shape index (κ3) is 1.89. The minimum Gasteiger partial charge on any atom is -0.383 e. The molecule has 5 heteroatoms. The molecule has 0 fully saturated rings. The van der Waals surface area contributed by atoms with Gasteiger partial charge >= 0.3 is 0 Å². The van der Waals surface area contributed by atoms with Gasteiger partial charge in [-0.3, -0.25) is 0 Å². The summed E-state index contributed by atoms with van der Waals surface area (Å²) in [7, 11) is 0. The second-order valence-electron chi connectivity index (χ2n) is 4.23. The zero-order chi connectivity index (χ0) is 13.2. The second kappa shape index (κ2) is 4.42. The van der Waals surface area contributed by atoms with Crippen LogP contribution in [0.1, 0.15) is 11.1 Å². The van der Waals surface area contributed by atoms with Crippen LogP contribution < -0.4 is 5.73 Å². The Morgan fingerprint density at radius 2 is 2.00 bits per heavy atom. The largest absolute Gasteiger partial charge is 0.383 e. The molecule has 0 saturated carbocycles. The molecular formula is C14H11N5. The van der Waals surface area contributed by atoms with Crippen molar-refractivity contribution in [3.05, 3.63) is 54.0 Å². The van der Waals surface area contributed by atoms with E-state index in [4.69, 9.17) is 11.0 Å². The van der Waals surface area contributed by atoms with Crippen molar-refractivity contribution in [3.8, 4) is 6.07 Å². The van der Waals surface area contributed by atoms with Crippen molar-refractivity contribution in [2.24, 2.45) is 0 Å². The van der Waals surface area contributed by atoms with Gasteiger partial charge in [0, 0.05) is 12.7 Å². The standard InChI is InChI=1S/C14H11N5/c15-6-11-8-19(7-10-4-2-1-3-5-10)14-12(11)13(16)17-9-18-14/h1-5,8-9H,7H2,(H2,16,17,18). The van der Waals surface area contributed by atoms with Crippen molar-refractivity contribution in [2.75, 3.05) is 5.73 Å². The van der Waals surface area contributed by atoms with Gasteiger partial charge < -0.3 is 10.3 Å². The van der Waals surface area contributed by atoms with E-state index in [1.54, 1.807) is 6.20 Å². The van der Waals surface area contributed by atoms with Crippen LogP contribution in [0.5, 0.6) is 0 Å². The average Bonchev–Trinajstić information content (AvgIpc) is 2.80. The van der Waals surface area contributed by atoms with Gasteiger partial charge in [-0.1, -0.05) is 30.3 Å². The lowest BCUT2D eigenvalue weighted by molar-refractivity contribution is 0.823. The van der Waals surface area contributed by atoms with E-state index in [9.17, 15) is 0 Å². The first-order valence-electron chi connectivity index (χ1n) is 5.83. The molecule has 2 aromatic heterocycles. The van der Waals surface area contributed by atoms with Gasteiger partial charge in [-0.25, -0.2) is 9.97 Å². The van der Waals surface area contributed by atoms with Crippen molar-refractivity contribution in [3.63, 3.8) is 0 Å². The fraction of sp³-hybridized carbons (Fsp3) is 0.0714. The van der Waals surface area contributed by atoms with Crippen LogP contribution in [-0.4, -0.2) is 14.5 Å². The topological polar surface area (TPSA) is 80.5 Å². The van der Waals surface area contributed by atoms with Gasteiger partial charge in [0.05, 0.1) is 10.9 Å². The van der Waals surface area contributed by atoms with E-state index in [-0.39, 0.29) is 0 Å². The normalized spacial score (nSPS) is 10.5. The summed E-state index contributed by atoms with van der Waals surface area (Å²) in [6.07, 6.45) is 3.18. The lowest BCUT2D eigenvalue weighted by atomic mass is 10.2. The van der Waals surface area contributed by atoms with E-state index in [0.29, 0.717) is 29.0 Å². The summed E-state index contributed by atoms with van der Waals surface area (Å²) in [6, 6.07) is 12.1. The van der Waals surface area contributed by atoms with Gasteiger partial charge in [0.2, 0.25) is 0 Å². The Morgan fingerprint density at radius 1 is 1.21 bits per heavy atom. The zero-order valence-corrected chi connectivity index (χ0v) is 10.1. The number of nitrogens with zero attached hydrogens (tertiary/aromatic N) is 4. The number of benzene rings is 1. The van der Waals surface area contributed by atoms with Crippen LogP contribution in [0.3, 0.4) is 0 Å². The summed E-state index contributed by atoms with van der Waals surface area (Å²) < 4.78 is 1.92. The van der Waals surface area contributed by atoms with E-state index in [1.165, 1.54) is 6.33 Å². The van der Waals surface area contributed by atoms with Crippen LogP contribution >= 0.6 is 0 Å². The number of nitriles is 1. The first-order valence-corrected chi connectivity index (χ1v) is 5.83. The molecular weight excluding hydrogens is 238 g/mol. The maximum Gasteiger partial charge on any atom is 0.147 e. The van der Waals surface area contributed by atoms with Crippen LogP contribution in [0.2, 0.25) is 0 Å². The van der Waals surface area contributed by atoms with Gasteiger partial charge in [-0.05, 0) is 5.56 Å². The van der Waals surface area contributed by atoms with Crippen molar-refractivity contribution in [1.82, 2.24) is 14.5 Å². The van der Waals surface area contributed by atoms with Gasteiger partial charge in [0.15, 0.2) is 0 Å². The molecule has 0 saturated heterocycles. The molecule has 19 heavy (non-hydrogen) atoms. The number of hydrogen-bond donors (Lipinski definition) is 1. The monoisotopic (exact) mass is 249 g/mol. The number of fused-ring (bicyclic) bond motifs is 1. The molecule has 1 aromatic carbocycles. The first kappa shape index (κ1) is 11.2. The van der Waals surface area contributed by atoms with Crippen molar-refractivity contribution in [1.29, 1.82) is 5.26 Å². The number of rotatable bonds is 2. The molecule has 92 valence electrons. The minimum absolute atomic E-state index is 0.341. The number of aromatic nitrogens is 3. The Hall–Kier alpha value is -2.87. The Bertz CT molecular complexity index is 768. The summed E-state index contributed by atoms with van der Waals surface area (Å²) in [5, 5.41) is 9.79. The molecule has 0 bridgehead atoms. The predicted octanol–water partition coefficient (Wildman–Crippen LogP) is 1.93. The Morgan fingerprint density at radius 3 is 2.74 bits per heavy atom. The lowest BCUT2D eigenvalue weighted by Gasteiger charge is -2.04. The molecule has 0 aliphatic rings. The highest BCUT2D eigenvalue weighted by Gasteiger charge is 2.13. The van der Waals surface area contributed by atoms with Gasteiger partial charge in [0.25, 0.3) is 0 Å². The fourth-order valence-corrected chi connectivity index (χ4v) is 2.13. The highest BCUT2D eigenvalue weighted by molar-refractivity contribution is 5.91. The van der Waals surface area contributed by atoms with Crippen molar-refractivity contribution < 1.29 is 0 Å². The van der Waals surface area contributed by atoms with Crippen LogP contribution in [0.15, 0.2) is 42.9 Å². The predicted molar refractivity (Wildman–Crippen MR) is 72.2 cm³/mol. The fourth-order valence-electron chi connectivity index (χ4n) is 2.13. The minimum atomic E-state index is 0.341. The van der Waals surface area contributed by atoms with E-state index in [1.807, 2.05) is 34.9 Å². The lowest BCUT2D eigenvalue weighted by Crippen LogP contribution is -2.00. The summed E-state index contributed by atoms with van der Waals surface area (Å²) in [4.78, 5) is 8.17. The summed E-state index contributed by atoms with van der Waals surface area (Å²) >= 11 is 0. The number of hydrogen-bond acceptors (Lipinski definition) is 4. The van der Waals surface area contributed by atoms with Gasteiger partial charge in [-0.2, -0.15) is 5.26 Å². The number of nitrogens with two attached hydrogens (primary N) is 1. The first-order chi connectivity index (χ1) is 9.29. The number of nitrogen functional groups attached to an aromatic ring is 1. The molecule has 2 heterocycles. The molecule has 0 atom stereocenters. The molecule has 2 N–H and O–H groups in total. The quantitative estimate of drug-likeness (QED) is 0.752. The maximum atomic E-state index is 9.17. The third-order valence-electron chi connectivity index (χ3n) is 3.00. The molecule has 0 unspecified atom stereocenters. The van der Waals surface area contributed by atoms with E-state index in [0.717, 1.165) is 5.56 Å². The van der Waals surface area contributed by atoms with Crippen LogP contribution in [0.4, 0.5) is 5.82 Å². The third-order valence-corrected chi connectivity index (χ3v) is 3.00. The summed E-state index contributed by atoms with van der Waals surface area (Å²) in [6.45, 7) is 0.648. The second-order valence-corrected chi connectivity index (χ2v) is 4.23. The molecule has 5 nitrogen and oxygen atoms in total. The molecule has 0 amide bonds. The van der Waals surface area contributed by atoms with Crippen LogP contribution in [-0.2, 0) is 6.54 Å². The smallest absolute Gasteiger partial charge is 0.147 e. The van der Waals surface area contributed by atoms with Crippen LogP contribution in [0.25, 0.3) is 11.0 Å². The summed E-state index contributed by atoms with van der Waals surface area (Å²) in [5.41, 5.74) is 8.16. The molecule has 0 radical (unpaired) electrons. The Balaban J connectivity index is 2.15. The van der Waals surface area contributed by atoms with Crippen molar-refractivity contribution >= 4 is 16.9 Å². The molecule has 0 aliphatic carbocycles. The maximum absolute atomic E-state index is 9.17. The average molecular weight is 249 g/mol. The highest BCUT2D eigenvalue weighted by atomic mass is 15.1. The molecule has 0 aliphatic heterocycles. The van der Waals surface area contributed by atoms with Gasteiger partial charge in [-0.15, -0.1) is 0 Å². The Kier molecular flexibility index (Phi) is 2.62. The Labute approximate surface area is 109 Å². The van der Waals surface area contributed by atoms with E-state index in [2.05, 4.69) is 16.0 Å². The van der Waals surface area contributed by atoms with E-state index >= 15 is 0 Å². The zero-order valence-electron chi connectivity index (χ0n) is 10.1. The van der Waals surface area contributed by atoms with Crippen LogP contribution in [0, 0.1) is 11.3 Å². The van der Waals surface area contributed by atoms with Gasteiger partial charge in [0.1, 0.15) is 23.9 Å². The highest BCUT2D eigenvalue weighted by Crippen LogP contribution is 2.23. The number of anilines is 1. The SMILES string of the molecule is N#Cc1cn(Cc2ccccc2)c2ncnc(N)c12. The summed E-state index contributed by atoms with van der Waals surface area (Å²) in [5.74, 6) is 0.341.